The number of rotatable bonds is 1. The predicted octanol–water partition coefficient (Wildman–Crippen LogP) is 2.26. The van der Waals surface area contributed by atoms with Crippen molar-refractivity contribution >= 4 is 17.5 Å². The molecule has 14 heavy (non-hydrogen) atoms. The fourth-order valence-electron chi connectivity index (χ4n) is 2.54. The Morgan fingerprint density at radius 1 is 1.29 bits per heavy atom. The van der Waals surface area contributed by atoms with Crippen LogP contribution in [-0.4, -0.2) is 29.3 Å². The molecule has 0 bridgehead atoms. The molecule has 2 fully saturated rings. The van der Waals surface area contributed by atoms with Crippen molar-refractivity contribution in [3.63, 3.8) is 0 Å². The van der Waals surface area contributed by atoms with Gasteiger partial charge in [0.25, 0.3) is 0 Å². The molecule has 2 unspecified atom stereocenters. The molecule has 0 aromatic heterocycles. The van der Waals surface area contributed by atoms with Crippen molar-refractivity contribution in [3.05, 3.63) is 0 Å². The van der Waals surface area contributed by atoms with Gasteiger partial charge in [-0.2, -0.15) is 0 Å². The minimum atomic E-state index is 0.167. The lowest BCUT2D eigenvalue weighted by atomic mass is 10.1. The number of alkyl halides is 1. The Morgan fingerprint density at radius 2 is 1.93 bits per heavy atom. The minimum Gasteiger partial charge on any atom is -0.341 e. The topological polar surface area (TPSA) is 20.3 Å². The zero-order valence-corrected chi connectivity index (χ0v) is 9.46. The van der Waals surface area contributed by atoms with Crippen LogP contribution in [-0.2, 0) is 4.79 Å². The van der Waals surface area contributed by atoms with E-state index in [-0.39, 0.29) is 5.38 Å². The summed E-state index contributed by atoms with van der Waals surface area (Å²) in [5, 5.41) is 0.167. The van der Waals surface area contributed by atoms with Gasteiger partial charge in [0.2, 0.25) is 5.91 Å². The summed E-state index contributed by atoms with van der Waals surface area (Å²) in [6.45, 7) is 3.75. The minimum absolute atomic E-state index is 0.167. The number of likely N-dealkylation sites (tertiary alicyclic amines) is 1. The molecule has 1 saturated heterocycles. The van der Waals surface area contributed by atoms with Crippen LogP contribution >= 0.6 is 11.6 Å². The number of amides is 1. The van der Waals surface area contributed by atoms with E-state index in [9.17, 15) is 4.79 Å². The van der Waals surface area contributed by atoms with Crippen molar-refractivity contribution < 1.29 is 4.79 Å². The first-order chi connectivity index (χ1) is 6.68. The summed E-state index contributed by atoms with van der Waals surface area (Å²) in [6.07, 6.45) is 4.64. The molecule has 1 amide bonds. The van der Waals surface area contributed by atoms with Gasteiger partial charge in [0.15, 0.2) is 0 Å². The number of halogens is 1. The van der Waals surface area contributed by atoms with Crippen molar-refractivity contribution in [2.24, 2.45) is 11.8 Å². The molecule has 0 spiro atoms. The Hall–Kier alpha value is -0.240. The van der Waals surface area contributed by atoms with Crippen LogP contribution in [0.15, 0.2) is 0 Å². The quantitative estimate of drug-likeness (QED) is 0.615. The first-order valence-corrected chi connectivity index (χ1v) is 6.05. The summed E-state index contributed by atoms with van der Waals surface area (Å²) in [5.41, 5.74) is 0. The van der Waals surface area contributed by atoms with E-state index in [4.69, 9.17) is 11.6 Å². The third kappa shape index (κ3) is 1.90. The monoisotopic (exact) mass is 215 g/mol. The lowest BCUT2D eigenvalue weighted by molar-refractivity contribution is -0.134. The van der Waals surface area contributed by atoms with Gasteiger partial charge < -0.3 is 4.90 Å². The lowest BCUT2D eigenvalue weighted by Gasteiger charge is -2.19. The largest absolute Gasteiger partial charge is 0.341 e. The van der Waals surface area contributed by atoms with Crippen LogP contribution < -0.4 is 0 Å². The summed E-state index contributed by atoms with van der Waals surface area (Å²) in [5.74, 6) is 1.13. The Balaban J connectivity index is 1.92. The maximum Gasteiger partial charge on any atom is 0.225 e. The molecule has 3 heteroatoms. The summed E-state index contributed by atoms with van der Waals surface area (Å²) >= 11 is 6.11. The van der Waals surface area contributed by atoms with Gasteiger partial charge >= 0.3 is 0 Å². The Labute approximate surface area is 90.6 Å². The molecule has 1 aliphatic carbocycles. The van der Waals surface area contributed by atoms with Crippen molar-refractivity contribution in [1.29, 1.82) is 0 Å². The van der Waals surface area contributed by atoms with Gasteiger partial charge in [-0.15, -0.1) is 11.6 Å². The summed E-state index contributed by atoms with van der Waals surface area (Å²) in [4.78, 5) is 14.0. The maximum atomic E-state index is 12.0. The molecule has 0 N–H and O–H groups in total. The van der Waals surface area contributed by atoms with Crippen LogP contribution in [0.1, 0.15) is 32.6 Å². The molecule has 1 aliphatic heterocycles. The van der Waals surface area contributed by atoms with Gasteiger partial charge in [0.1, 0.15) is 0 Å². The van der Waals surface area contributed by atoms with Crippen molar-refractivity contribution in [2.45, 2.75) is 38.0 Å². The van der Waals surface area contributed by atoms with E-state index in [0.29, 0.717) is 17.7 Å². The van der Waals surface area contributed by atoms with Gasteiger partial charge in [-0.25, -0.2) is 0 Å². The Kier molecular flexibility index (Phi) is 3.01. The van der Waals surface area contributed by atoms with Crippen LogP contribution in [0.3, 0.4) is 0 Å². The number of carbonyl (C=O) groups is 1. The van der Waals surface area contributed by atoms with E-state index < -0.39 is 0 Å². The van der Waals surface area contributed by atoms with E-state index in [1.54, 1.807) is 0 Å². The SMILES string of the molecule is CC1CN(C(=O)C2CCCC2)CC1Cl. The molecule has 1 saturated carbocycles. The molecular formula is C11H18ClNO. The zero-order chi connectivity index (χ0) is 10.1. The van der Waals surface area contributed by atoms with Gasteiger partial charge in [-0.05, 0) is 18.8 Å². The van der Waals surface area contributed by atoms with Crippen molar-refractivity contribution in [3.8, 4) is 0 Å². The highest BCUT2D eigenvalue weighted by Gasteiger charge is 2.34. The number of nitrogens with zero attached hydrogens (tertiary/aromatic N) is 1. The molecule has 1 heterocycles. The standard InChI is InChI=1S/C11H18ClNO/c1-8-6-13(7-10(8)12)11(14)9-4-2-3-5-9/h8-10H,2-7H2,1H3. The van der Waals surface area contributed by atoms with Crippen molar-refractivity contribution in [1.82, 2.24) is 4.90 Å². The average Bonchev–Trinajstić information content (AvgIpc) is 2.76. The number of carbonyl (C=O) groups excluding carboxylic acids is 1. The summed E-state index contributed by atoms with van der Waals surface area (Å²) < 4.78 is 0. The summed E-state index contributed by atoms with van der Waals surface area (Å²) in [6, 6.07) is 0. The second-order valence-corrected chi connectivity index (χ2v) is 5.28. The van der Waals surface area contributed by atoms with E-state index in [1.165, 1.54) is 12.8 Å². The predicted molar refractivity (Wildman–Crippen MR) is 57.3 cm³/mol. The highest BCUT2D eigenvalue weighted by molar-refractivity contribution is 6.21. The van der Waals surface area contributed by atoms with E-state index in [2.05, 4.69) is 6.92 Å². The van der Waals surface area contributed by atoms with Crippen LogP contribution in [0.5, 0.6) is 0 Å². The molecular weight excluding hydrogens is 198 g/mol. The highest BCUT2D eigenvalue weighted by atomic mass is 35.5. The molecule has 2 aliphatic rings. The van der Waals surface area contributed by atoms with E-state index in [0.717, 1.165) is 25.9 Å². The van der Waals surface area contributed by atoms with Gasteiger partial charge in [0, 0.05) is 19.0 Å². The molecule has 2 atom stereocenters. The second-order valence-electron chi connectivity index (χ2n) is 4.72. The molecule has 0 aromatic rings. The van der Waals surface area contributed by atoms with Gasteiger partial charge in [0.05, 0.1) is 5.38 Å². The normalized spacial score (nSPS) is 34.0. The third-order valence-corrected chi connectivity index (χ3v) is 4.10. The first-order valence-electron chi connectivity index (χ1n) is 5.61. The van der Waals surface area contributed by atoms with Crippen molar-refractivity contribution in [2.75, 3.05) is 13.1 Å². The fourth-order valence-corrected chi connectivity index (χ4v) is 2.78. The smallest absolute Gasteiger partial charge is 0.225 e. The average molecular weight is 216 g/mol. The molecule has 80 valence electrons. The molecule has 0 radical (unpaired) electrons. The van der Waals surface area contributed by atoms with Crippen LogP contribution in [0.2, 0.25) is 0 Å². The lowest BCUT2D eigenvalue weighted by Crippen LogP contribution is -2.33. The highest BCUT2D eigenvalue weighted by Crippen LogP contribution is 2.29. The van der Waals surface area contributed by atoms with E-state index in [1.807, 2.05) is 4.90 Å². The number of hydrogen-bond acceptors (Lipinski definition) is 1. The first kappa shape index (κ1) is 10.3. The maximum absolute atomic E-state index is 12.0. The van der Waals surface area contributed by atoms with E-state index >= 15 is 0 Å². The third-order valence-electron chi connectivity index (χ3n) is 3.54. The Morgan fingerprint density at radius 3 is 2.43 bits per heavy atom. The van der Waals surface area contributed by atoms with Crippen LogP contribution in [0, 0.1) is 11.8 Å². The zero-order valence-electron chi connectivity index (χ0n) is 8.71. The fraction of sp³-hybridized carbons (Fsp3) is 0.909. The van der Waals surface area contributed by atoms with Gasteiger partial charge in [-0.1, -0.05) is 19.8 Å². The summed E-state index contributed by atoms with van der Waals surface area (Å²) in [7, 11) is 0. The molecule has 0 aromatic carbocycles. The Bertz CT molecular complexity index is 215. The van der Waals surface area contributed by atoms with Crippen LogP contribution in [0.25, 0.3) is 0 Å². The van der Waals surface area contributed by atoms with Gasteiger partial charge in [-0.3, -0.25) is 4.79 Å². The molecule has 2 rings (SSSR count). The van der Waals surface area contributed by atoms with Crippen LogP contribution in [0.4, 0.5) is 0 Å². The second kappa shape index (κ2) is 4.09. The molecule has 2 nitrogen and oxygen atoms in total. The number of hydrogen-bond donors (Lipinski definition) is 0.